The summed E-state index contributed by atoms with van der Waals surface area (Å²) in [6.45, 7) is -0.00581. The van der Waals surface area contributed by atoms with Gasteiger partial charge >= 0.3 is 0 Å². The molecular formula is C16H19NO4S. The monoisotopic (exact) mass is 321 g/mol. The van der Waals surface area contributed by atoms with Gasteiger partial charge in [0.2, 0.25) is 5.91 Å². The summed E-state index contributed by atoms with van der Waals surface area (Å²) in [4.78, 5) is 12.7. The number of carbonyl (C=O) groups is 1. The number of amides is 1. The summed E-state index contributed by atoms with van der Waals surface area (Å²) in [6.07, 6.45) is -0.527. The van der Waals surface area contributed by atoms with Gasteiger partial charge in [-0.1, -0.05) is 30.3 Å². The molecule has 1 heterocycles. The summed E-state index contributed by atoms with van der Waals surface area (Å²) in [5, 5.41) is 4.88. The predicted octanol–water partition coefficient (Wildman–Crippen LogP) is 3.29. The number of methoxy groups -OCH3 is 3. The van der Waals surface area contributed by atoms with Gasteiger partial charge in [0.05, 0.1) is 10.6 Å². The summed E-state index contributed by atoms with van der Waals surface area (Å²) < 4.78 is 15.5. The van der Waals surface area contributed by atoms with Crippen LogP contribution in [0.4, 0.5) is 5.69 Å². The second kappa shape index (κ2) is 8.05. The van der Waals surface area contributed by atoms with Crippen LogP contribution in [-0.4, -0.2) is 33.8 Å². The first-order valence-corrected chi connectivity index (χ1v) is 7.60. The minimum Gasteiger partial charge on any atom is -0.375 e. The molecule has 0 aliphatic carbocycles. The fourth-order valence-electron chi connectivity index (χ4n) is 2.12. The first-order valence-electron chi connectivity index (χ1n) is 6.72. The van der Waals surface area contributed by atoms with Crippen molar-refractivity contribution in [2.75, 3.05) is 33.3 Å². The fourth-order valence-corrected chi connectivity index (χ4v) is 3.20. The average molecular weight is 321 g/mol. The third-order valence-corrected chi connectivity index (χ3v) is 4.09. The minimum atomic E-state index is -0.527. The Morgan fingerprint density at radius 1 is 1.18 bits per heavy atom. The Labute approximate surface area is 133 Å². The predicted molar refractivity (Wildman–Crippen MR) is 87.0 cm³/mol. The molecule has 118 valence electrons. The van der Waals surface area contributed by atoms with E-state index in [0.717, 1.165) is 16.0 Å². The van der Waals surface area contributed by atoms with E-state index in [9.17, 15) is 4.79 Å². The highest BCUT2D eigenvalue weighted by atomic mass is 32.1. The third-order valence-electron chi connectivity index (χ3n) is 3.09. The van der Waals surface area contributed by atoms with Crippen LogP contribution in [0.15, 0.2) is 35.7 Å². The molecule has 5 nitrogen and oxygen atoms in total. The van der Waals surface area contributed by atoms with Gasteiger partial charge in [-0.3, -0.25) is 4.79 Å². The van der Waals surface area contributed by atoms with Gasteiger partial charge in [0, 0.05) is 32.3 Å². The molecule has 1 aromatic carbocycles. The lowest BCUT2D eigenvalue weighted by Crippen LogP contribution is -2.18. The molecule has 0 bridgehead atoms. The molecule has 2 rings (SSSR count). The van der Waals surface area contributed by atoms with Crippen molar-refractivity contribution in [3.63, 3.8) is 0 Å². The molecule has 0 aliphatic heterocycles. The highest BCUT2D eigenvalue weighted by Crippen LogP contribution is 2.40. The van der Waals surface area contributed by atoms with Crippen LogP contribution in [0.2, 0.25) is 0 Å². The first kappa shape index (κ1) is 16.6. The smallest absolute Gasteiger partial charge is 0.250 e. The normalized spacial score (nSPS) is 10.9. The Hall–Kier alpha value is -1.73. The van der Waals surface area contributed by atoms with Crippen molar-refractivity contribution in [1.29, 1.82) is 0 Å². The number of rotatable bonds is 7. The largest absolute Gasteiger partial charge is 0.375 e. The lowest BCUT2D eigenvalue weighted by atomic mass is 10.1. The van der Waals surface area contributed by atoms with E-state index < -0.39 is 6.29 Å². The van der Waals surface area contributed by atoms with E-state index in [-0.39, 0.29) is 12.5 Å². The number of nitrogens with one attached hydrogen (secondary N) is 1. The minimum absolute atomic E-state index is 0.00581. The zero-order chi connectivity index (χ0) is 15.9. The van der Waals surface area contributed by atoms with Crippen molar-refractivity contribution in [3.05, 3.63) is 40.6 Å². The number of carbonyl (C=O) groups excluding carboxylic acids is 1. The van der Waals surface area contributed by atoms with Crippen molar-refractivity contribution in [3.8, 4) is 11.1 Å². The maximum atomic E-state index is 11.9. The molecule has 0 radical (unpaired) electrons. The highest BCUT2D eigenvalue weighted by Gasteiger charge is 2.22. The van der Waals surface area contributed by atoms with Gasteiger partial charge in [-0.2, -0.15) is 0 Å². The molecule has 0 saturated carbocycles. The molecule has 0 spiro atoms. The third kappa shape index (κ3) is 3.72. The average Bonchev–Trinajstić information content (AvgIpc) is 2.93. The van der Waals surface area contributed by atoms with Crippen molar-refractivity contribution in [2.45, 2.75) is 6.29 Å². The second-order valence-corrected chi connectivity index (χ2v) is 5.45. The molecular weight excluding hydrogens is 302 g/mol. The standard InChI is InChI=1S/C16H19NO4S/c1-19-9-13(18)17-14-12(11-7-5-4-6-8-11)10-22-15(14)16(20-2)21-3/h4-8,10,16H,9H2,1-3H3,(H,17,18). The van der Waals surface area contributed by atoms with Crippen molar-refractivity contribution in [2.24, 2.45) is 0 Å². The highest BCUT2D eigenvalue weighted by molar-refractivity contribution is 7.11. The topological polar surface area (TPSA) is 56.8 Å². The molecule has 0 saturated heterocycles. The molecule has 6 heteroatoms. The molecule has 1 amide bonds. The summed E-state index contributed by atoms with van der Waals surface area (Å²) in [6, 6.07) is 9.85. The van der Waals surface area contributed by atoms with Gasteiger partial charge in [-0.25, -0.2) is 0 Å². The Kier molecular flexibility index (Phi) is 6.09. The quantitative estimate of drug-likeness (QED) is 0.795. The first-order chi connectivity index (χ1) is 10.7. The summed E-state index contributed by atoms with van der Waals surface area (Å²) in [7, 11) is 4.62. The Morgan fingerprint density at radius 3 is 2.45 bits per heavy atom. The molecule has 0 fully saturated rings. The van der Waals surface area contributed by atoms with Crippen LogP contribution in [0, 0.1) is 0 Å². The molecule has 1 N–H and O–H groups in total. The number of hydrogen-bond donors (Lipinski definition) is 1. The van der Waals surface area contributed by atoms with Crippen molar-refractivity contribution >= 4 is 22.9 Å². The van der Waals surface area contributed by atoms with Gasteiger partial charge in [0.1, 0.15) is 6.61 Å². The van der Waals surface area contributed by atoms with Gasteiger partial charge < -0.3 is 19.5 Å². The molecule has 0 atom stereocenters. The fraction of sp³-hybridized carbons (Fsp3) is 0.312. The number of thiophene rings is 1. The molecule has 0 unspecified atom stereocenters. The van der Waals surface area contributed by atoms with E-state index in [1.807, 2.05) is 35.7 Å². The maximum absolute atomic E-state index is 11.9. The van der Waals surface area contributed by atoms with E-state index in [2.05, 4.69) is 5.32 Å². The number of anilines is 1. The number of hydrogen-bond acceptors (Lipinski definition) is 5. The van der Waals surface area contributed by atoms with Crippen LogP contribution in [-0.2, 0) is 19.0 Å². The molecule has 22 heavy (non-hydrogen) atoms. The van der Waals surface area contributed by atoms with E-state index in [4.69, 9.17) is 14.2 Å². The van der Waals surface area contributed by atoms with Crippen molar-refractivity contribution < 1.29 is 19.0 Å². The second-order valence-electron chi connectivity index (χ2n) is 4.54. The summed E-state index contributed by atoms with van der Waals surface area (Å²) in [5.74, 6) is -0.217. The van der Waals surface area contributed by atoms with Crippen LogP contribution in [0.25, 0.3) is 11.1 Å². The lowest BCUT2D eigenvalue weighted by molar-refractivity contribution is -0.119. The Morgan fingerprint density at radius 2 is 1.86 bits per heavy atom. The van der Waals surface area contributed by atoms with Gasteiger partial charge in [-0.15, -0.1) is 11.3 Å². The molecule has 0 aliphatic rings. The maximum Gasteiger partial charge on any atom is 0.250 e. The Bertz CT molecular complexity index is 608. The molecule has 2 aromatic rings. The zero-order valence-electron chi connectivity index (χ0n) is 12.8. The van der Waals surface area contributed by atoms with Gasteiger partial charge in [-0.05, 0) is 5.56 Å². The number of benzene rings is 1. The Balaban J connectivity index is 2.43. The molecule has 1 aromatic heterocycles. The van der Waals surface area contributed by atoms with E-state index >= 15 is 0 Å². The number of ether oxygens (including phenoxy) is 3. The summed E-state index contributed by atoms with van der Waals surface area (Å²) in [5.41, 5.74) is 2.65. The lowest BCUT2D eigenvalue weighted by Gasteiger charge is -2.15. The van der Waals surface area contributed by atoms with E-state index in [1.54, 1.807) is 14.2 Å². The van der Waals surface area contributed by atoms with Crippen molar-refractivity contribution in [1.82, 2.24) is 0 Å². The van der Waals surface area contributed by atoms with Gasteiger partial charge in [0.25, 0.3) is 0 Å². The van der Waals surface area contributed by atoms with Crippen LogP contribution in [0.3, 0.4) is 0 Å². The van der Waals surface area contributed by atoms with Gasteiger partial charge in [0.15, 0.2) is 6.29 Å². The van der Waals surface area contributed by atoms with Crippen LogP contribution < -0.4 is 5.32 Å². The van der Waals surface area contributed by atoms with E-state index in [1.165, 1.54) is 18.4 Å². The SMILES string of the molecule is COCC(=O)Nc1c(-c2ccccc2)csc1C(OC)OC. The van der Waals surface area contributed by atoms with Crippen LogP contribution >= 0.6 is 11.3 Å². The summed E-state index contributed by atoms with van der Waals surface area (Å²) >= 11 is 1.48. The van der Waals surface area contributed by atoms with Crippen LogP contribution in [0.5, 0.6) is 0 Å². The van der Waals surface area contributed by atoms with E-state index in [0.29, 0.717) is 5.69 Å². The van der Waals surface area contributed by atoms with Crippen LogP contribution in [0.1, 0.15) is 11.2 Å². The zero-order valence-corrected chi connectivity index (χ0v) is 13.6.